The maximum absolute atomic E-state index is 13.0. The number of aromatic amines is 1. The van der Waals surface area contributed by atoms with Crippen molar-refractivity contribution in [3.05, 3.63) is 97.7 Å². The Morgan fingerprint density at radius 1 is 0.889 bits per heavy atom. The number of fused-ring (bicyclic) bond motifs is 1. The van der Waals surface area contributed by atoms with Crippen molar-refractivity contribution in [3.8, 4) is 5.69 Å². The van der Waals surface area contributed by atoms with Gasteiger partial charge in [0.1, 0.15) is 0 Å². The van der Waals surface area contributed by atoms with Gasteiger partial charge >= 0.3 is 0 Å². The molecule has 0 aliphatic carbocycles. The molecule has 0 bridgehead atoms. The number of nitrogens with one attached hydrogen (secondary N) is 1. The molecule has 0 spiro atoms. The standard InChI is InChI=1S/C22H21N3O2/c1-14-7-9-17(10-8-14)13-24-16(3)21-19(12-20(24)26)23-25(22(21)27)18-6-4-5-15(2)11-18/h4-12,23H,13H2,1-3H3. The summed E-state index contributed by atoms with van der Waals surface area (Å²) in [5.74, 6) is 0. The van der Waals surface area contributed by atoms with E-state index < -0.39 is 0 Å². The van der Waals surface area contributed by atoms with E-state index in [1.165, 1.54) is 16.3 Å². The van der Waals surface area contributed by atoms with Crippen LogP contribution in [0.2, 0.25) is 0 Å². The summed E-state index contributed by atoms with van der Waals surface area (Å²) in [6.45, 7) is 6.28. The van der Waals surface area contributed by atoms with Crippen LogP contribution in [0.4, 0.5) is 0 Å². The Balaban J connectivity index is 1.88. The lowest BCUT2D eigenvalue weighted by Crippen LogP contribution is -2.23. The van der Waals surface area contributed by atoms with Gasteiger partial charge in [-0.05, 0) is 44.0 Å². The third-order valence-electron chi connectivity index (χ3n) is 4.94. The molecule has 4 aromatic rings. The molecule has 5 heteroatoms. The largest absolute Gasteiger partial charge is 0.308 e. The van der Waals surface area contributed by atoms with Crippen LogP contribution in [0.5, 0.6) is 0 Å². The number of rotatable bonds is 3. The zero-order valence-electron chi connectivity index (χ0n) is 15.6. The average molecular weight is 359 g/mol. The fourth-order valence-electron chi connectivity index (χ4n) is 3.43. The normalized spacial score (nSPS) is 11.2. The highest BCUT2D eigenvalue weighted by Crippen LogP contribution is 2.15. The lowest BCUT2D eigenvalue weighted by Gasteiger charge is -2.10. The van der Waals surface area contributed by atoms with Crippen LogP contribution in [-0.4, -0.2) is 14.3 Å². The van der Waals surface area contributed by atoms with Gasteiger partial charge in [0.2, 0.25) is 0 Å². The summed E-state index contributed by atoms with van der Waals surface area (Å²) in [7, 11) is 0. The SMILES string of the molecule is Cc1ccc(Cn2c(C)c3c(=O)n(-c4cccc(C)c4)[nH]c3cc2=O)cc1. The molecule has 5 nitrogen and oxygen atoms in total. The third kappa shape index (κ3) is 3.01. The number of H-pyrrole nitrogens is 1. The number of hydrogen-bond acceptors (Lipinski definition) is 2. The van der Waals surface area contributed by atoms with E-state index in [1.54, 1.807) is 4.57 Å². The minimum Gasteiger partial charge on any atom is -0.308 e. The van der Waals surface area contributed by atoms with Crippen LogP contribution in [0.15, 0.2) is 64.2 Å². The van der Waals surface area contributed by atoms with E-state index in [1.807, 2.05) is 69.3 Å². The van der Waals surface area contributed by atoms with Crippen molar-refractivity contribution < 1.29 is 0 Å². The first-order valence-electron chi connectivity index (χ1n) is 8.92. The van der Waals surface area contributed by atoms with Crippen LogP contribution < -0.4 is 11.1 Å². The molecule has 2 aromatic carbocycles. The van der Waals surface area contributed by atoms with Crippen LogP contribution in [0.25, 0.3) is 16.6 Å². The fourth-order valence-corrected chi connectivity index (χ4v) is 3.43. The first kappa shape index (κ1) is 17.1. The number of aryl methyl sites for hydroxylation is 3. The Hall–Kier alpha value is -3.34. The number of benzene rings is 2. The molecule has 1 N–H and O–H groups in total. The Kier molecular flexibility index (Phi) is 4.07. The van der Waals surface area contributed by atoms with Gasteiger partial charge in [0.25, 0.3) is 11.1 Å². The monoisotopic (exact) mass is 359 g/mol. The van der Waals surface area contributed by atoms with Gasteiger partial charge in [0.05, 0.1) is 23.1 Å². The lowest BCUT2D eigenvalue weighted by molar-refractivity contribution is 0.738. The maximum atomic E-state index is 13.0. The van der Waals surface area contributed by atoms with Crippen molar-refractivity contribution in [3.63, 3.8) is 0 Å². The molecule has 136 valence electrons. The van der Waals surface area contributed by atoms with Crippen molar-refractivity contribution in [1.29, 1.82) is 0 Å². The number of hydrogen-bond donors (Lipinski definition) is 1. The van der Waals surface area contributed by atoms with Gasteiger partial charge in [-0.15, -0.1) is 0 Å². The van der Waals surface area contributed by atoms with Crippen LogP contribution in [0.1, 0.15) is 22.4 Å². The molecule has 0 radical (unpaired) electrons. The summed E-state index contributed by atoms with van der Waals surface area (Å²) >= 11 is 0. The molecule has 2 aromatic heterocycles. The predicted octanol–water partition coefficient (Wildman–Crippen LogP) is 3.45. The van der Waals surface area contributed by atoms with Crippen molar-refractivity contribution in [2.24, 2.45) is 0 Å². The first-order chi connectivity index (χ1) is 12.9. The third-order valence-corrected chi connectivity index (χ3v) is 4.94. The van der Waals surface area contributed by atoms with Crippen molar-refractivity contribution in [2.75, 3.05) is 0 Å². The average Bonchev–Trinajstić information content (AvgIpc) is 2.96. The van der Waals surface area contributed by atoms with Gasteiger partial charge in [-0.2, -0.15) is 0 Å². The molecule has 0 saturated carbocycles. The van der Waals surface area contributed by atoms with Crippen LogP contribution in [-0.2, 0) is 6.54 Å². The van der Waals surface area contributed by atoms with Crippen molar-refractivity contribution in [2.45, 2.75) is 27.3 Å². The van der Waals surface area contributed by atoms with E-state index in [0.29, 0.717) is 23.1 Å². The fraction of sp³-hybridized carbons (Fsp3) is 0.182. The lowest BCUT2D eigenvalue weighted by atomic mass is 10.1. The second kappa shape index (κ2) is 6.43. The minimum absolute atomic E-state index is 0.127. The Labute approximate surface area is 156 Å². The molecule has 0 fully saturated rings. The summed E-state index contributed by atoms with van der Waals surface area (Å²) < 4.78 is 3.16. The van der Waals surface area contributed by atoms with E-state index in [-0.39, 0.29) is 11.1 Å². The first-order valence-corrected chi connectivity index (χ1v) is 8.92. The van der Waals surface area contributed by atoms with Gasteiger partial charge in [-0.1, -0.05) is 42.0 Å². The molecule has 0 amide bonds. The van der Waals surface area contributed by atoms with Crippen LogP contribution in [0.3, 0.4) is 0 Å². The summed E-state index contributed by atoms with van der Waals surface area (Å²) in [5.41, 5.74) is 4.98. The molecular formula is C22H21N3O2. The second-order valence-electron chi connectivity index (χ2n) is 7.02. The van der Waals surface area contributed by atoms with Gasteiger partial charge in [-0.25, -0.2) is 4.68 Å². The highest BCUT2D eigenvalue weighted by Gasteiger charge is 2.15. The van der Waals surface area contributed by atoms with Gasteiger partial charge in [-0.3, -0.25) is 14.7 Å². The maximum Gasteiger partial charge on any atom is 0.280 e. The van der Waals surface area contributed by atoms with Crippen molar-refractivity contribution in [1.82, 2.24) is 14.3 Å². The van der Waals surface area contributed by atoms with Gasteiger partial charge < -0.3 is 4.57 Å². The number of aromatic nitrogens is 3. The Morgan fingerprint density at radius 2 is 1.63 bits per heavy atom. The molecule has 0 atom stereocenters. The number of nitrogens with zero attached hydrogens (tertiary/aromatic N) is 2. The van der Waals surface area contributed by atoms with E-state index >= 15 is 0 Å². The molecule has 0 saturated heterocycles. The highest BCUT2D eigenvalue weighted by atomic mass is 16.1. The summed E-state index contributed by atoms with van der Waals surface area (Å²) in [6, 6.07) is 17.3. The van der Waals surface area contributed by atoms with Gasteiger partial charge in [0.15, 0.2) is 0 Å². The molecule has 4 rings (SSSR count). The van der Waals surface area contributed by atoms with E-state index in [2.05, 4.69) is 5.10 Å². The summed E-state index contributed by atoms with van der Waals surface area (Å²) in [4.78, 5) is 25.7. The number of pyridine rings is 1. The Morgan fingerprint density at radius 3 is 2.33 bits per heavy atom. The minimum atomic E-state index is -0.147. The molecular weight excluding hydrogens is 338 g/mol. The summed E-state index contributed by atoms with van der Waals surface area (Å²) in [6.07, 6.45) is 0. The molecule has 0 aliphatic rings. The highest BCUT2D eigenvalue weighted by molar-refractivity contribution is 5.80. The summed E-state index contributed by atoms with van der Waals surface area (Å²) in [5, 5.41) is 3.62. The molecule has 2 heterocycles. The van der Waals surface area contributed by atoms with Crippen molar-refractivity contribution >= 4 is 10.9 Å². The molecule has 27 heavy (non-hydrogen) atoms. The second-order valence-corrected chi connectivity index (χ2v) is 7.02. The van der Waals surface area contributed by atoms with Gasteiger partial charge in [0, 0.05) is 11.8 Å². The predicted molar refractivity (Wildman–Crippen MR) is 108 cm³/mol. The topological polar surface area (TPSA) is 59.8 Å². The molecule has 0 unspecified atom stereocenters. The van der Waals surface area contributed by atoms with E-state index in [4.69, 9.17) is 0 Å². The zero-order chi connectivity index (χ0) is 19.1. The molecule has 0 aliphatic heterocycles. The smallest absolute Gasteiger partial charge is 0.280 e. The Bertz CT molecular complexity index is 1260. The quantitative estimate of drug-likeness (QED) is 0.609. The zero-order valence-corrected chi connectivity index (χ0v) is 15.6. The van der Waals surface area contributed by atoms with Crippen LogP contribution >= 0.6 is 0 Å². The van der Waals surface area contributed by atoms with E-state index in [0.717, 1.165) is 16.8 Å². The van der Waals surface area contributed by atoms with E-state index in [9.17, 15) is 9.59 Å². The van der Waals surface area contributed by atoms with Crippen LogP contribution in [0, 0.1) is 20.8 Å².